The number of hydrogen-bond donors (Lipinski definition) is 1. The second kappa shape index (κ2) is 7.53. The molecule has 1 aromatic rings. The van der Waals surface area contributed by atoms with Crippen molar-refractivity contribution >= 4 is 17.5 Å². The molecular weight excluding hydrogens is 274 g/mol. The Labute approximate surface area is 125 Å². The molecule has 1 aliphatic carbocycles. The molecule has 1 amide bonds. The molecule has 0 bridgehead atoms. The normalized spacial score (nSPS) is 17.5. The van der Waals surface area contributed by atoms with Crippen molar-refractivity contribution in [3.63, 3.8) is 0 Å². The van der Waals surface area contributed by atoms with Crippen LogP contribution in [0.1, 0.15) is 45.4 Å². The number of nitrogens with one attached hydrogen (secondary N) is 1. The highest BCUT2D eigenvalue weighted by molar-refractivity contribution is 6.30. The Kier molecular flexibility index (Phi) is 5.72. The van der Waals surface area contributed by atoms with Gasteiger partial charge < -0.3 is 10.1 Å². The first-order valence-corrected chi connectivity index (χ1v) is 7.79. The van der Waals surface area contributed by atoms with Crippen LogP contribution < -0.4 is 10.1 Å². The van der Waals surface area contributed by atoms with Gasteiger partial charge in [-0.2, -0.15) is 0 Å². The molecule has 110 valence electrons. The largest absolute Gasteiger partial charge is 0.481 e. The lowest BCUT2D eigenvalue weighted by Gasteiger charge is -2.25. The van der Waals surface area contributed by atoms with Crippen LogP contribution in [0.15, 0.2) is 24.3 Å². The molecule has 1 N–H and O–H groups in total. The molecule has 0 aromatic heterocycles. The summed E-state index contributed by atoms with van der Waals surface area (Å²) in [6.45, 7) is 1.96. The maximum Gasteiger partial charge on any atom is 0.261 e. The molecule has 1 saturated carbocycles. The minimum Gasteiger partial charge on any atom is -0.481 e. The van der Waals surface area contributed by atoms with Crippen molar-refractivity contribution in [3.05, 3.63) is 29.3 Å². The van der Waals surface area contributed by atoms with Crippen LogP contribution in [0.4, 0.5) is 0 Å². The fraction of sp³-hybridized carbons (Fsp3) is 0.562. The van der Waals surface area contributed by atoms with Gasteiger partial charge in [0, 0.05) is 11.1 Å². The van der Waals surface area contributed by atoms with E-state index in [-0.39, 0.29) is 5.91 Å². The lowest BCUT2D eigenvalue weighted by Crippen LogP contribution is -2.44. The number of benzene rings is 1. The molecule has 2 rings (SSSR count). The number of carbonyl (C=O) groups is 1. The number of carbonyl (C=O) groups excluding carboxylic acids is 1. The predicted molar refractivity (Wildman–Crippen MR) is 81.2 cm³/mol. The summed E-state index contributed by atoms with van der Waals surface area (Å²) in [6, 6.07) is 7.43. The zero-order valence-corrected chi connectivity index (χ0v) is 12.7. The summed E-state index contributed by atoms with van der Waals surface area (Å²) in [7, 11) is 0. The molecule has 1 aromatic carbocycles. The predicted octanol–water partition coefficient (Wildman–Crippen LogP) is 3.95. The molecule has 3 nitrogen and oxygen atoms in total. The third-order valence-corrected chi connectivity index (χ3v) is 3.96. The van der Waals surface area contributed by atoms with E-state index in [9.17, 15) is 4.79 Å². The lowest BCUT2D eigenvalue weighted by molar-refractivity contribution is -0.129. The first kappa shape index (κ1) is 15.2. The van der Waals surface area contributed by atoms with E-state index in [1.54, 1.807) is 24.3 Å². The zero-order chi connectivity index (χ0) is 14.4. The van der Waals surface area contributed by atoms with Gasteiger partial charge in [0.2, 0.25) is 0 Å². The van der Waals surface area contributed by atoms with E-state index in [1.165, 1.54) is 19.3 Å². The van der Waals surface area contributed by atoms with Crippen molar-refractivity contribution < 1.29 is 9.53 Å². The van der Waals surface area contributed by atoms with Gasteiger partial charge in [0.05, 0.1) is 0 Å². The molecule has 0 radical (unpaired) electrons. The number of ether oxygens (including phenoxy) is 1. The van der Waals surface area contributed by atoms with Crippen molar-refractivity contribution in [1.82, 2.24) is 5.32 Å². The van der Waals surface area contributed by atoms with Gasteiger partial charge in [-0.05, 0) is 43.5 Å². The van der Waals surface area contributed by atoms with Gasteiger partial charge in [0.1, 0.15) is 5.75 Å². The Bertz CT molecular complexity index is 427. The standard InChI is InChI=1S/C16H22ClNO2/c1-2-15(20-14-10-8-12(17)9-11-14)16(19)18-13-6-4-3-5-7-13/h8-11,13,15H,2-7H2,1H3,(H,18,19)/t15-/m1/s1. The Morgan fingerprint density at radius 3 is 2.55 bits per heavy atom. The second-order valence-electron chi connectivity index (χ2n) is 5.31. The summed E-state index contributed by atoms with van der Waals surface area (Å²) in [5, 5.41) is 3.78. The maximum atomic E-state index is 12.3. The molecule has 20 heavy (non-hydrogen) atoms. The molecule has 0 aliphatic heterocycles. The fourth-order valence-corrected chi connectivity index (χ4v) is 2.67. The molecular formula is C16H22ClNO2. The highest BCUT2D eigenvalue weighted by Crippen LogP contribution is 2.20. The molecule has 0 unspecified atom stereocenters. The lowest BCUT2D eigenvalue weighted by atomic mass is 9.95. The van der Waals surface area contributed by atoms with Gasteiger partial charge in [-0.15, -0.1) is 0 Å². The minimum atomic E-state index is -0.432. The van der Waals surface area contributed by atoms with Crippen LogP contribution in [-0.2, 0) is 4.79 Å². The van der Waals surface area contributed by atoms with E-state index in [1.807, 2.05) is 6.92 Å². The van der Waals surface area contributed by atoms with Crippen LogP contribution in [0.2, 0.25) is 5.02 Å². The van der Waals surface area contributed by atoms with Crippen LogP contribution >= 0.6 is 11.6 Å². The van der Waals surface area contributed by atoms with Crippen molar-refractivity contribution in [2.24, 2.45) is 0 Å². The van der Waals surface area contributed by atoms with E-state index < -0.39 is 6.10 Å². The smallest absolute Gasteiger partial charge is 0.261 e. The zero-order valence-electron chi connectivity index (χ0n) is 11.9. The highest BCUT2D eigenvalue weighted by Gasteiger charge is 2.22. The molecule has 1 fully saturated rings. The number of rotatable bonds is 5. The Balaban J connectivity index is 1.89. The summed E-state index contributed by atoms with van der Waals surface area (Å²) in [6.07, 6.45) is 6.09. The third kappa shape index (κ3) is 4.41. The molecule has 0 spiro atoms. The quantitative estimate of drug-likeness (QED) is 0.893. The van der Waals surface area contributed by atoms with Crippen LogP contribution in [0, 0.1) is 0 Å². The molecule has 4 heteroatoms. The molecule has 1 aliphatic rings. The molecule has 0 heterocycles. The Morgan fingerprint density at radius 2 is 1.95 bits per heavy atom. The van der Waals surface area contributed by atoms with E-state index in [0.717, 1.165) is 12.8 Å². The van der Waals surface area contributed by atoms with E-state index >= 15 is 0 Å². The van der Waals surface area contributed by atoms with E-state index in [4.69, 9.17) is 16.3 Å². The second-order valence-corrected chi connectivity index (χ2v) is 5.75. The van der Waals surface area contributed by atoms with Gasteiger partial charge in [0.15, 0.2) is 6.10 Å². The molecule has 1 atom stereocenters. The van der Waals surface area contributed by atoms with Crippen LogP contribution in [0.3, 0.4) is 0 Å². The highest BCUT2D eigenvalue weighted by atomic mass is 35.5. The van der Waals surface area contributed by atoms with Crippen LogP contribution in [0.5, 0.6) is 5.75 Å². The average molecular weight is 296 g/mol. The summed E-state index contributed by atoms with van der Waals surface area (Å²) < 4.78 is 5.75. The van der Waals surface area contributed by atoms with E-state index in [0.29, 0.717) is 23.2 Å². The molecule has 0 saturated heterocycles. The van der Waals surface area contributed by atoms with Gasteiger partial charge in [-0.3, -0.25) is 4.79 Å². The van der Waals surface area contributed by atoms with Gasteiger partial charge >= 0.3 is 0 Å². The average Bonchev–Trinajstić information content (AvgIpc) is 2.47. The maximum absolute atomic E-state index is 12.3. The van der Waals surface area contributed by atoms with Crippen molar-refractivity contribution in [2.45, 2.75) is 57.6 Å². The summed E-state index contributed by atoms with van der Waals surface area (Å²) in [4.78, 5) is 12.3. The van der Waals surface area contributed by atoms with Gasteiger partial charge in [-0.25, -0.2) is 0 Å². The first-order valence-electron chi connectivity index (χ1n) is 7.41. The number of amides is 1. The van der Waals surface area contributed by atoms with Crippen molar-refractivity contribution in [3.8, 4) is 5.75 Å². The SMILES string of the molecule is CC[C@@H](Oc1ccc(Cl)cc1)C(=O)NC1CCCCC1. The summed E-state index contributed by atoms with van der Waals surface area (Å²) in [5.41, 5.74) is 0. The van der Waals surface area contributed by atoms with Gasteiger partial charge in [0.25, 0.3) is 5.91 Å². The fourth-order valence-electron chi connectivity index (χ4n) is 2.54. The summed E-state index contributed by atoms with van der Waals surface area (Å²) in [5.74, 6) is 0.675. The topological polar surface area (TPSA) is 38.3 Å². The van der Waals surface area contributed by atoms with Gasteiger partial charge in [-0.1, -0.05) is 37.8 Å². The number of halogens is 1. The van der Waals surface area contributed by atoms with Crippen LogP contribution in [-0.4, -0.2) is 18.1 Å². The van der Waals surface area contributed by atoms with Crippen molar-refractivity contribution in [2.75, 3.05) is 0 Å². The summed E-state index contributed by atoms with van der Waals surface area (Å²) >= 11 is 5.84. The van der Waals surface area contributed by atoms with E-state index in [2.05, 4.69) is 5.32 Å². The monoisotopic (exact) mass is 295 g/mol. The first-order chi connectivity index (χ1) is 9.69. The Morgan fingerprint density at radius 1 is 1.30 bits per heavy atom. The number of hydrogen-bond acceptors (Lipinski definition) is 2. The van der Waals surface area contributed by atoms with Crippen LogP contribution in [0.25, 0.3) is 0 Å². The minimum absolute atomic E-state index is 0.00523. The Hall–Kier alpha value is -1.22. The van der Waals surface area contributed by atoms with Crippen molar-refractivity contribution in [1.29, 1.82) is 0 Å². The third-order valence-electron chi connectivity index (χ3n) is 3.71.